The van der Waals surface area contributed by atoms with Crippen molar-refractivity contribution in [3.05, 3.63) is 30.1 Å². The van der Waals surface area contributed by atoms with E-state index in [1.807, 2.05) is 50.6 Å². The number of aryl methyl sites for hydroxylation is 1. The fourth-order valence-electron chi connectivity index (χ4n) is 3.34. The smallest absolute Gasteiger partial charge is 0.242 e. The number of aromatic nitrogens is 4. The standard InChI is InChI=1S/C19H29N7O/c1-14(2)26-17(8-9-20-26)21-19(27)16(4)24-10-5-11-25(13-12-24)18-7-6-15(3)22-23-18/h6-9,14,16H,5,10-13H2,1-4H3,(H,21,27). The van der Waals surface area contributed by atoms with Crippen LogP contribution in [-0.4, -0.2) is 63.0 Å². The summed E-state index contributed by atoms with van der Waals surface area (Å²) in [6.45, 7) is 11.4. The largest absolute Gasteiger partial charge is 0.354 e. The zero-order valence-corrected chi connectivity index (χ0v) is 16.6. The molecule has 1 fully saturated rings. The van der Waals surface area contributed by atoms with E-state index in [4.69, 9.17) is 0 Å². The average molecular weight is 371 g/mol. The summed E-state index contributed by atoms with van der Waals surface area (Å²) >= 11 is 0. The number of rotatable bonds is 5. The van der Waals surface area contributed by atoms with Crippen LogP contribution in [0.25, 0.3) is 0 Å². The van der Waals surface area contributed by atoms with Crippen molar-refractivity contribution in [3.63, 3.8) is 0 Å². The van der Waals surface area contributed by atoms with Gasteiger partial charge in [0.25, 0.3) is 0 Å². The Morgan fingerprint density at radius 3 is 2.59 bits per heavy atom. The van der Waals surface area contributed by atoms with E-state index in [0.717, 1.165) is 49.9 Å². The molecule has 8 nitrogen and oxygen atoms in total. The summed E-state index contributed by atoms with van der Waals surface area (Å²) in [7, 11) is 0. The van der Waals surface area contributed by atoms with Crippen molar-refractivity contribution >= 4 is 17.5 Å². The molecule has 8 heteroatoms. The van der Waals surface area contributed by atoms with Gasteiger partial charge in [0.05, 0.1) is 17.9 Å². The fourth-order valence-corrected chi connectivity index (χ4v) is 3.34. The molecule has 146 valence electrons. The van der Waals surface area contributed by atoms with Crippen LogP contribution in [0.3, 0.4) is 0 Å². The molecular formula is C19H29N7O. The quantitative estimate of drug-likeness (QED) is 0.867. The highest BCUT2D eigenvalue weighted by Gasteiger charge is 2.25. The van der Waals surface area contributed by atoms with Gasteiger partial charge < -0.3 is 10.2 Å². The van der Waals surface area contributed by atoms with Gasteiger partial charge in [-0.25, -0.2) is 4.68 Å². The highest BCUT2D eigenvalue weighted by molar-refractivity contribution is 5.93. The molecule has 1 N–H and O–H groups in total. The molecule has 1 unspecified atom stereocenters. The van der Waals surface area contributed by atoms with Gasteiger partial charge >= 0.3 is 0 Å². The molecule has 1 aliphatic rings. The normalized spacial score (nSPS) is 17.0. The first-order chi connectivity index (χ1) is 13.0. The highest BCUT2D eigenvalue weighted by atomic mass is 16.2. The Balaban J connectivity index is 1.60. The minimum absolute atomic E-state index is 0.000905. The van der Waals surface area contributed by atoms with E-state index in [1.54, 1.807) is 6.20 Å². The second-order valence-corrected chi connectivity index (χ2v) is 7.33. The van der Waals surface area contributed by atoms with Gasteiger partial charge in [0.2, 0.25) is 5.91 Å². The molecule has 1 saturated heterocycles. The first-order valence-electron chi connectivity index (χ1n) is 9.59. The maximum absolute atomic E-state index is 12.8. The third-order valence-electron chi connectivity index (χ3n) is 4.98. The number of carbonyl (C=O) groups excluding carboxylic acids is 1. The number of hydrogen-bond donors (Lipinski definition) is 1. The van der Waals surface area contributed by atoms with Gasteiger partial charge in [0, 0.05) is 38.3 Å². The minimum atomic E-state index is -0.204. The molecule has 1 atom stereocenters. The van der Waals surface area contributed by atoms with Gasteiger partial charge in [0.1, 0.15) is 5.82 Å². The molecular weight excluding hydrogens is 342 g/mol. The molecule has 1 aliphatic heterocycles. The van der Waals surface area contributed by atoms with Gasteiger partial charge in [-0.3, -0.25) is 9.69 Å². The van der Waals surface area contributed by atoms with Gasteiger partial charge in [0.15, 0.2) is 5.82 Å². The third-order valence-corrected chi connectivity index (χ3v) is 4.98. The van der Waals surface area contributed by atoms with Crippen LogP contribution in [0.15, 0.2) is 24.4 Å². The van der Waals surface area contributed by atoms with Crippen LogP contribution < -0.4 is 10.2 Å². The molecule has 0 aliphatic carbocycles. The molecule has 0 aromatic carbocycles. The fraction of sp³-hybridized carbons (Fsp3) is 0.579. The molecule has 3 rings (SSSR count). The summed E-state index contributed by atoms with van der Waals surface area (Å²) in [5.74, 6) is 1.65. The van der Waals surface area contributed by atoms with Crippen molar-refractivity contribution in [2.45, 2.75) is 46.2 Å². The number of nitrogens with zero attached hydrogens (tertiary/aromatic N) is 6. The summed E-state index contributed by atoms with van der Waals surface area (Å²) in [6, 6.07) is 5.84. The summed E-state index contributed by atoms with van der Waals surface area (Å²) in [5, 5.41) is 15.7. The first kappa shape index (κ1) is 19.3. The first-order valence-corrected chi connectivity index (χ1v) is 9.59. The highest BCUT2D eigenvalue weighted by Crippen LogP contribution is 2.17. The monoisotopic (exact) mass is 371 g/mol. The topological polar surface area (TPSA) is 79.2 Å². The number of hydrogen-bond acceptors (Lipinski definition) is 6. The molecule has 0 saturated carbocycles. The summed E-state index contributed by atoms with van der Waals surface area (Å²) in [6.07, 6.45) is 2.70. The molecule has 0 radical (unpaired) electrons. The van der Waals surface area contributed by atoms with Crippen molar-refractivity contribution < 1.29 is 4.79 Å². The zero-order valence-electron chi connectivity index (χ0n) is 16.6. The van der Waals surface area contributed by atoms with Crippen molar-refractivity contribution in [1.29, 1.82) is 0 Å². The van der Waals surface area contributed by atoms with E-state index in [0.29, 0.717) is 0 Å². The lowest BCUT2D eigenvalue weighted by Crippen LogP contribution is -2.44. The minimum Gasteiger partial charge on any atom is -0.354 e. The Bertz CT molecular complexity index is 756. The lowest BCUT2D eigenvalue weighted by molar-refractivity contribution is -0.120. The Morgan fingerprint density at radius 1 is 1.07 bits per heavy atom. The van der Waals surface area contributed by atoms with Crippen LogP contribution in [0.4, 0.5) is 11.6 Å². The van der Waals surface area contributed by atoms with Gasteiger partial charge in [-0.1, -0.05) is 0 Å². The molecule has 27 heavy (non-hydrogen) atoms. The summed E-state index contributed by atoms with van der Waals surface area (Å²) in [4.78, 5) is 17.2. The number of amides is 1. The molecule has 2 aromatic rings. The van der Waals surface area contributed by atoms with Gasteiger partial charge in [-0.15, -0.1) is 5.10 Å². The average Bonchev–Trinajstić information content (AvgIpc) is 2.97. The number of carbonyl (C=O) groups is 1. The Labute approximate surface area is 160 Å². The molecule has 2 aromatic heterocycles. The van der Waals surface area contributed by atoms with Crippen molar-refractivity contribution in [2.24, 2.45) is 0 Å². The maximum Gasteiger partial charge on any atom is 0.242 e. The third kappa shape index (κ3) is 4.63. The van der Waals surface area contributed by atoms with E-state index in [2.05, 4.69) is 30.4 Å². The second kappa shape index (κ2) is 8.47. The van der Waals surface area contributed by atoms with Crippen LogP contribution in [0.1, 0.15) is 38.9 Å². The predicted octanol–water partition coefficient (Wildman–Crippen LogP) is 2.10. The van der Waals surface area contributed by atoms with Crippen LogP contribution in [0.5, 0.6) is 0 Å². The van der Waals surface area contributed by atoms with E-state index in [-0.39, 0.29) is 18.0 Å². The number of nitrogens with one attached hydrogen (secondary N) is 1. The van der Waals surface area contributed by atoms with Crippen LogP contribution in [0, 0.1) is 6.92 Å². The van der Waals surface area contributed by atoms with Crippen molar-refractivity contribution in [1.82, 2.24) is 24.9 Å². The zero-order chi connectivity index (χ0) is 19.4. The van der Waals surface area contributed by atoms with Crippen molar-refractivity contribution in [2.75, 3.05) is 36.4 Å². The Hall–Kier alpha value is -2.48. The lowest BCUT2D eigenvalue weighted by atomic mass is 10.2. The van der Waals surface area contributed by atoms with E-state index < -0.39 is 0 Å². The molecule has 3 heterocycles. The molecule has 1 amide bonds. The second-order valence-electron chi connectivity index (χ2n) is 7.33. The van der Waals surface area contributed by atoms with Crippen molar-refractivity contribution in [3.8, 4) is 0 Å². The predicted molar refractivity (Wildman–Crippen MR) is 106 cm³/mol. The summed E-state index contributed by atoms with van der Waals surface area (Å²) < 4.78 is 1.82. The van der Waals surface area contributed by atoms with Crippen LogP contribution >= 0.6 is 0 Å². The van der Waals surface area contributed by atoms with E-state index in [1.165, 1.54) is 0 Å². The van der Waals surface area contributed by atoms with Gasteiger partial charge in [-0.2, -0.15) is 10.2 Å². The van der Waals surface area contributed by atoms with E-state index >= 15 is 0 Å². The Morgan fingerprint density at radius 2 is 1.89 bits per heavy atom. The Kier molecular flexibility index (Phi) is 6.05. The van der Waals surface area contributed by atoms with Crippen LogP contribution in [0.2, 0.25) is 0 Å². The van der Waals surface area contributed by atoms with E-state index in [9.17, 15) is 4.79 Å². The van der Waals surface area contributed by atoms with Gasteiger partial charge in [-0.05, 0) is 46.2 Å². The van der Waals surface area contributed by atoms with Crippen LogP contribution in [-0.2, 0) is 4.79 Å². The lowest BCUT2D eigenvalue weighted by Gasteiger charge is -2.27. The number of anilines is 2. The SMILES string of the molecule is Cc1ccc(N2CCCN(C(C)C(=O)Nc3ccnn3C(C)C)CC2)nn1. The maximum atomic E-state index is 12.8. The molecule has 0 bridgehead atoms. The summed E-state index contributed by atoms with van der Waals surface area (Å²) in [5.41, 5.74) is 0.918. The molecule has 0 spiro atoms.